The molecule has 0 aliphatic rings. The average molecular weight is 268 g/mol. The highest BCUT2D eigenvalue weighted by Gasteiger charge is 2.01. The molecule has 2 aromatic rings. The molecule has 15 heavy (non-hydrogen) atoms. The van der Waals surface area contributed by atoms with Gasteiger partial charge in [0.05, 0.1) is 17.9 Å². The van der Waals surface area contributed by atoms with Gasteiger partial charge in [-0.1, -0.05) is 21.1 Å². The van der Waals surface area contributed by atoms with Gasteiger partial charge in [-0.3, -0.25) is 0 Å². The van der Waals surface area contributed by atoms with Crippen LogP contribution in [-0.4, -0.2) is 5.16 Å². The van der Waals surface area contributed by atoms with E-state index >= 15 is 0 Å². The molecule has 0 unspecified atom stereocenters. The lowest BCUT2D eigenvalue weighted by molar-refractivity contribution is 0.412. The lowest BCUT2D eigenvalue weighted by Gasteiger charge is -2.07. The Morgan fingerprint density at radius 1 is 1.40 bits per heavy atom. The van der Waals surface area contributed by atoms with E-state index in [1.165, 1.54) is 0 Å². The van der Waals surface area contributed by atoms with Gasteiger partial charge in [0.25, 0.3) is 0 Å². The maximum Gasteiger partial charge on any atom is 0.124 e. The Hall–Kier alpha value is -1.49. The zero-order valence-corrected chi connectivity index (χ0v) is 9.49. The van der Waals surface area contributed by atoms with E-state index in [4.69, 9.17) is 10.3 Å². The topological polar surface area (TPSA) is 64.1 Å². The fraction of sp³-hybridized carbons (Fsp3) is 0.100. The average Bonchev–Trinajstić information content (AvgIpc) is 2.72. The minimum Gasteiger partial charge on any atom is -0.397 e. The summed E-state index contributed by atoms with van der Waals surface area (Å²) < 4.78 is 5.71. The van der Waals surface area contributed by atoms with Crippen LogP contribution in [0.15, 0.2) is 39.5 Å². The van der Waals surface area contributed by atoms with Crippen molar-refractivity contribution < 1.29 is 4.52 Å². The van der Waals surface area contributed by atoms with Crippen LogP contribution >= 0.6 is 15.9 Å². The van der Waals surface area contributed by atoms with Crippen molar-refractivity contribution in [3.8, 4) is 0 Å². The molecule has 0 aliphatic heterocycles. The van der Waals surface area contributed by atoms with Crippen LogP contribution in [0.25, 0.3) is 0 Å². The fourth-order valence-electron chi connectivity index (χ4n) is 1.20. The first-order valence-corrected chi connectivity index (χ1v) is 5.23. The summed E-state index contributed by atoms with van der Waals surface area (Å²) in [5.74, 6) is 0. The molecule has 1 aromatic heterocycles. The number of nitrogen functional groups attached to an aromatic ring is 1. The Morgan fingerprint density at radius 3 is 3.00 bits per heavy atom. The second-order valence-corrected chi connectivity index (χ2v) is 3.99. The maximum atomic E-state index is 5.80. The van der Waals surface area contributed by atoms with E-state index in [1.54, 1.807) is 12.3 Å². The molecule has 5 heteroatoms. The van der Waals surface area contributed by atoms with Crippen LogP contribution in [-0.2, 0) is 6.54 Å². The quantitative estimate of drug-likeness (QED) is 0.840. The van der Waals surface area contributed by atoms with Gasteiger partial charge in [0.15, 0.2) is 0 Å². The van der Waals surface area contributed by atoms with Gasteiger partial charge in [-0.05, 0) is 18.2 Å². The molecule has 0 amide bonds. The van der Waals surface area contributed by atoms with Crippen molar-refractivity contribution in [1.29, 1.82) is 0 Å². The van der Waals surface area contributed by atoms with Crippen LogP contribution in [0.5, 0.6) is 0 Å². The van der Waals surface area contributed by atoms with Crippen LogP contribution in [0.2, 0.25) is 0 Å². The Bertz CT molecular complexity index is 442. The van der Waals surface area contributed by atoms with Crippen LogP contribution in [0.4, 0.5) is 11.4 Å². The van der Waals surface area contributed by atoms with E-state index in [0.717, 1.165) is 15.9 Å². The molecule has 4 nitrogen and oxygen atoms in total. The number of rotatable bonds is 3. The van der Waals surface area contributed by atoms with Crippen molar-refractivity contribution in [2.75, 3.05) is 11.1 Å². The summed E-state index contributed by atoms with van der Waals surface area (Å²) in [6.45, 7) is 0.594. The molecule has 0 saturated carbocycles. The van der Waals surface area contributed by atoms with Crippen molar-refractivity contribution in [2.24, 2.45) is 0 Å². The minimum absolute atomic E-state index is 0.594. The lowest BCUT2D eigenvalue weighted by Crippen LogP contribution is -2.02. The van der Waals surface area contributed by atoms with Gasteiger partial charge in [-0.2, -0.15) is 0 Å². The van der Waals surface area contributed by atoms with Crippen LogP contribution in [0, 0.1) is 0 Å². The molecular weight excluding hydrogens is 258 g/mol. The first-order valence-electron chi connectivity index (χ1n) is 4.44. The van der Waals surface area contributed by atoms with E-state index in [9.17, 15) is 0 Å². The normalized spacial score (nSPS) is 10.2. The predicted molar refractivity (Wildman–Crippen MR) is 62.4 cm³/mol. The molecular formula is C10H10BrN3O. The second-order valence-electron chi connectivity index (χ2n) is 3.08. The lowest BCUT2D eigenvalue weighted by atomic mass is 10.2. The molecule has 3 N–H and O–H groups in total. The summed E-state index contributed by atoms with van der Waals surface area (Å²) in [6, 6.07) is 7.47. The standard InChI is InChI=1S/C10H10BrN3O/c11-7-1-2-9(12)10(5-7)13-6-8-3-4-15-14-8/h1-5,13H,6,12H2. The molecule has 2 rings (SSSR count). The van der Waals surface area contributed by atoms with Gasteiger partial charge in [-0.25, -0.2) is 0 Å². The molecule has 0 aliphatic carbocycles. The molecule has 1 aromatic carbocycles. The number of hydrogen-bond donors (Lipinski definition) is 2. The molecule has 1 heterocycles. The zero-order valence-electron chi connectivity index (χ0n) is 7.90. The molecule has 0 atom stereocenters. The number of halogens is 1. The minimum atomic E-state index is 0.594. The summed E-state index contributed by atoms with van der Waals surface area (Å²) in [4.78, 5) is 0. The molecule has 0 radical (unpaired) electrons. The number of aromatic nitrogens is 1. The Kier molecular flexibility index (Phi) is 2.91. The first-order chi connectivity index (χ1) is 7.25. The van der Waals surface area contributed by atoms with Gasteiger partial charge in [0, 0.05) is 10.5 Å². The molecule has 0 fully saturated rings. The third-order valence-corrected chi connectivity index (χ3v) is 2.46. The first kappa shape index (κ1) is 10.0. The summed E-state index contributed by atoms with van der Waals surface area (Å²) in [5, 5.41) is 6.97. The largest absolute Gasteiger partial charge is 0.397 e. The molecule has 0 saturated heterocycles. The SMILES string of the molecule is Nc1ccc(Br)cc1NCc1ccon1. The van der Waals surface area contributed by atoms with Crippen LogP contribution in [0.1, 0.15) is 5.69 Å². The van der Waals surface area contributed by atoms with Gasteiger partial charge >= 0.3 is 0 Å². The van der Waals surface area contributed by atoms with Gasteiger partial charge in [0.1, 0.15) is 12.0 Å². The molecule has 78 valence electrons. The summed E-state index contributed by atoms with van der Waals surface area (Å²) >= 11 is 3.39. The zero-order chi connectivity index (χ0) is 10.7. The fourth-order valence-corrected chi connectivity index (χ4v) is 1.56. The van der Waals surface area contributed by atoms with E-state index in [0.29, 0.717) is 12.2 Å². The molecule has 0 spiro atoms. The van der Waals surface area contributed by atoms with Crippen molar-refractivity contribution in [2.45, 2.75) is 6.54 Å². The monoisotopic (exact) mass is 267 g/mol. The number of benzene rings is 1. The predicted octanol–water partition coefficient (Wildman–Crippen LogP) is 2.63. The van der Waals surface area contributed by atoms with Crippen molar-refractivity contribution >= 4 is 27.3 Å². The Morgan fingerprint density at radius 2 is 2.27 bits per heavy atom. The third kappa shape index (κ3) is 2.50. The highest BCUT2D eigenvalue weighted by molar-refractivity contribution is 9.10. The highest BCUT2D eigenvalue weighted by Crippen LogP contribution is 2.23. The number of nitrogens with zero attached hydrogens (tertiary/aromatic N) is 1. The van der Waals surface area contributed by atoms with Crippen LogP contribution in [0.3, 0.4) is 0 Å². The Balaban J connectivity index is 2.07. The van der Waals surface area contributed by atoms with Crippen molar-refractivity contribution in [3.63, 3.8) is 0 Å². The Labute approximate surface area is 95.6 Å². The van der Waals surface area contributed by atoms with Crippen molar-refractivity contribution in [1.82, 2.24) is 5.16 Å². The summed E-state index contributed by atoms with van der Waals surface area (Å²) in [7, 11) is 0. The highest BCUT2D eigenvalue weighted by atomic mass is 79.9. The van der Waals surface area contributed by atoms with Gasteiger partial charge < -0.3 is 15.6 Å². The third-order valence-electron chi connectivity index (χ3n) is 1.97. The number of anilines is 2. The van der Waals surface area contributed by atoms with Gasteiger partial charge in [0.2, 0.25) is 0 Å². The maximum absolute atomic E-state index is 5.80. The second kappa shape index (κ2) is 4.35. The smallest absolute Gasteiger partial charge is 0.124 e. The molecule has 0 bridgehead atoms. The number of nitrogens with two attached hydrogens (primary N) is 1. The summed E-state index contributed by atoms with van der Waals surface area (Å²) in [6.07, 6.45) is 1.54. The van der Waals surface area contributed by atoms with E-state index in [-0.39, 0.29) is 0 Å². The summed E-state index contributed by atoms with van der Waals surface area (Å²) in [5.41, 5.74) is 8.24. The van der Waals surface area contributed by atoms with E-state index in [2.05, 4.69) is 26.4 Å². The van der Waals surface area contributed by atoms with Crippen molar-refractivity contribution in [3.05, 3.63) is 40.7 Å². The van der Waals surface area contributed by atoms with Gasteiger partial charge in [-0.15, -0.1) is 0 Å². The van der Waals surface area contributed by atoms with E-state index < -0.39 is 0 Å². The number of nitrogens with one attached hydrogen (secondary N) is 1. The van der Waals surface area contributed by atoms with Crippen LogP contribution < -0.4 is 11.1 Å². The van der Waals surface area contributed by atoms with E-state index in [1.807, 2.05) is 18.2 Å². The number of hydrogen-bond acceptors (Lipinski definition) is 4.